The van der Waals surface area contributed by atoms with E-state index in [1.807, 2.05) is 18.2 Å². The summed E-state index contributed by atoms with van der Waals surface area (Å²) in [5.74, 6) is -0.924. The van der Waals surface area contributed by atoms with Crippen LogP contribution in [0.2, 0.25) is 0 Å². The quantitative estimate of drug-likeness (QED) is 0.188. The SMILES string of the molecule is C=CCCCCC[C@H](CC(=O)OC(C)(C)C)C(=O)N1C[C@H](Oc2nc3cc(OC)ccc3nc2C)C[C@H]1C(=O)OC. The number of aryl methyl sites for hydroxylation is 1. The zero-order chi connectivity index (χ0) is 30.2. The van der Waals surface area contributed by atoms with Gasteiger partial charge in [-0.1, -0.05) is 18.9 Å². The minimum absolute atomic E-state index is 0.0649. The number of likely N-dealkylation sites (tertiary alicyclic amines) is 1. The number of unbranched alkanes of at least 4 members (excludes halogenated alkanes) is 3. The Morgan fingerprint density at radius 2 is 1.88 bits per heavy atom. The van der Waals surface area contributed by atoms with Crippen LogP contribution in [-0.2, 0) is 23.9 Å². The van der Waals surface area contributed by atoms with Crippen LogP contribution in [0.1, 0.15) is 71.4 Å². The van der Waals surface area contributed by atoms with Crippen LogP contribution in [-0.4, -0.2) is 71.2 Å². The summed E-state index contributed by atoms with van der Waals surface area (Å²) in [6, 6.07) is 4.56. The number of allylic oxidation sites excluding steroid dienone is 1. The first-order valence-electron chi connectivity index (χ1n) is 14.2. The highest BCUT2D eigenvalue weighted by Crippen LogP contribution is 2.30. The number of esters is 2. The first-order valence-corrected chi connectivity index (χ1v) is 14.2. The third-order valence-corrected chi connectivity index (χ3v) is 6.94. The third kappa shape index (κ3) is 8.90. The van der Waals surface area contributed by atoms with Gasteiger partial charge in [0, 0.05) is 18.4 Å². The number of ether oxygens (including phenoxy) is 4. The molecule has 0 unspecified atom stereocenters. The van der Waals surface area contributed by atoms with E-state index in [0.29, 0.717) is 34.8 Å². The van der Waals surface area contributed by atoms with Gasteiger partial charge in [0.2, 0.25) is 11.8 Å². The maximum absolute atomic E-state index is 13.9. The van der Waals surface area contributed by atoms with Gasteiger partial charge in [-0.3, -0.25) is 9.59 Å². The Kier molecular flexibility index (Phi) is 11.1. The second kappa shape index (κ2) is 14.3. The van der Waals surface area contributed by atoms with Crippen LogP contribution < -0.4 is 9.47 Å². The van der Waals surface area contributed by atoms with Crippen molar-refractivity contribution in [2.24, 2.45) is 5.92 Å². The van der Waals surface area contributed by atoms with Gasteiger partial charge in [-0.25, -0.2) is 14.8 Å². The van der Waals surface area contributed by atoms with Gasteiger partial charge in [0.15, 0.2) is 0 Å². The molecule has 0 aliphatic carbocycles. The van der Waals surface area contributed by atoms with Gasteiger partial charge in [-0.05, 0) is 59.1 Å². The lowest BCUT2D eigenvalue weighted by Gasteiger charge is -2.28. The highest BCUT2D eigenvalue weighted by atomic mass is 16.6. The maximum atomic E-state index is 13.9. The molecule has 0 bridgehead atoms. The summed E-state index contributed by atoms with van der Waals surface area (Å²) in [4.78, 5) is 50.1. The smallest absolute Gasteiger partial charge is 0.328 e. The zero-order valence-corrected chi connectivity index (χ0v) is 25.1. The Morgan fingerprint density at radius 1 is 1.12 bits per heavy atom. The second-order valence-corrected chi connectivity index (χ2v) is 11.4. The molecule has 1 saturated heterocycles. The molecule has 3 rings (SSSR count). The van der Waals surface area contributed by atoms with Gasteiger partial charge in [-0.15, -0.1) is 6.58 Å². The molecule has 2 aromatic rings. The lowest BCUT2D eigenvalue weighted by atomic mass is 9.95. The number of carbonyl (C=O) groups is 3. The first kappa shape index (κ1) is 31.8. The standard InChI is InChI=1S/C31H43N3O7/c1-8-9-10-11-12-13-21(16-27(35)41-31(3,4)5)29(36)34-19-23(18-26(34)30(37)39-7)40-28-20(2)32-24-15-14-22(38-6)17-25(24)33-28/h8,14-15,17,21,23,26H,1,9-13,16,18-19H2,2-7H3/t21-,23-,26+/m1/s1. The Bertz CT molecular complexity index is 1240. The number of rotatable bonds is 13. The van der Waals surface area contributed by atoms with Gasteiger partial charge in [0.1, 0.15) is 29.2 Å². The van der Waals surface area contributed by atoms with Crippen molar-refractivity contribution in [3.63, 3.8) is 0 Å². The third-order valence-electron chi connectivity index (χ3n) is 6.94. The highest BCUT2D eigenvalue weighted by Gasteiger charge is 2.44. The van der Waals surface area contributed by atoms with Gasteiger partial charge in [-0.2, -0.15) is 0 Å². The van der Waals surface area contributed by atoms with Crippen molar-refractivity contribution in [3.05, 3.63) is 36.5 Å². The van der Waals surface area contributed by atoms with Gasteiger partial charge in [0.25, 0.3) is 0 Å². The molecular weight excluding hydrogens is 526 g/mol. The second-order valence-electron chi connectivity index (χ2n) is 11.4. The molecule has 0 radical (unpaired) electrons. The number of carbonyl (C=O) groups excluding carboxylic acids is 3. The van der Waals surface area contributed by atoms with E-state index < -0.39 is 35.6 Å². The number of aromatic nitrogens is 2. The summed E-state index contributed by atoms with van der Waals surface area (Å²) < 4.78 is 22.1. The Labute approximate surface area is 242 Å². The fourth-order valence-corrected chi connectivity index (χ4v) is 4.98. The van der Waals surface area contributed by atoms with Crippen LogP contribution in [0.3, 0.4) is 0 Å². The van der Waals surface area contributed by atoms with E-state index >= 15 is 0 Å². The van der Waals surface area contributed by atoms with Gasteiger partial charge in [0.05, 0.1) is 38.2 Å². The summed E-state index contributed by atoms with van der Waals surface area (Å²) >= 11 is 0. The molecule has 41 heavy (non-hydrogen) atoms. The van der Waals surface area contributed by atoms with E-state index in [0.717, 1.165) is 25.7 Å². The van der Waals surface area contributed by atoms with Crippen molar-refractivity contribution < 1.29 is 33.3 Å². The van der Waals surface area contributed by atoms with E-state index in [1.165, 1.54) is 12.0 Å². The Morgan fingerprint density at radius 3 is 2.54 bits per heavy atom. The molecule has 0 saturated carbocycles. The molecule has 1 aromatic heterocycles. The molecule has 1 amide bonds. The zero-order valence-electron chi connectivity index (χ0n) is 25.1. The topological polar surface area (TPSA) is 117 Å². The molecule has 3 atom stereocenters. The average Bonchev–Trinajstić information content (AvgIpc) is 3.34. The van der Waals surface area contributed by atoms with Crippen LogP contribution in [0.4, 0.5) is 0 Å². The van der Waals surface area contributed by atoms with E-state index in [2.05, 4.69) is 16.5 Å². The molecule has 2 heterocycles. The summed E-state index contributed by atoms with van der Waals surface area (Å²) in [5.41, 5.74) is 1.22. The maximum Gasteiger partial charge on any atom is 0.328 e. The minimum atomic E-state index is -0.840. The van der Waals surface area contributed by atoms with Crippen molar-refractivity contribution >= 4 is 28.9 Å². The number of benzene rings is 1. The van der Waals surface area contributed by atoms with Crippen LogP contribution in [0.25, 0.3) is 11.0 Å². The highest BCUT2D eigenvalue weighted by molar-refractivity contribution is 5.89. The van der Waals surface area contributed by atoms with Crippen molar-refractivity contribution in [1.29, 1.82) is 0 Å². The van der Waals surface area contributed by atoms with Crippen molar-refractivity contribution in [2.45, 2.75) is 90.4 Å². The number of fused-ring (bicyclic) bond motifs is 1. The minimum Gasteiger partial charge on any atom is -0.497 e. The van der Waals surface area contributed by atoms with Crippen LogP contribution in [0.5, 0.6) is 11.6 Å². The molecule has 1 fully saturated rings. The number of nitrogens with zero attached hydrogens (tertiary/aromatic N) is 3. The van der Waals surface area contributed by atoms with Crippen molar-refractivity contribution in [1.82, 2.24) is 14.9 Å². The fraction of sp³-hybridized carbons (Fsp3) is 0.581. The summed E-state index contributed by atoms with van der Waals surface area (Å²) in [7, 11) is 2.87. The molecule has 1 aliphatic rings. The lowest BCUT2D eigenvalue weighted by Crippen LogP contribution is -2.45. The molecule has 0 N–H and O–H groups in total. The summed E-state index contributed by atoms with van der Waals surface area (Å²) in [6.45, 7) is 11.1. The van der Waals surface area contributed by atoms with Crippen molar-refractivity contribution in [3.8, 4) is 11.6 Å². The predicted octanol–water partition coefficient (Wildman–Crippen LogP) is 4.95. The molecule has 10 heteroatoms. The number of hydrogen-bond donors (Lipinski definition) is 0. The van der Waals surface area contributed by atoms with E-state index in [-0.39, 0.29) is 25.3 Å². The normalized spacial score (nSPS) is 17.7. The first-order chi connectivity index (χ1) is 19.4. The molecule has 1 aliphatic heterocycles. The molecule has 0 spiro atoms. The lowest BCUT2D eigenvalue weighted by molar-refractivity contribution is -0.159. The number of amides is 1. The van der Waals surface area contributed by atoms with E-state index in [4.69, 9.17) is 18.9 Å². The average molecular weight is 570 g/mol. The molecule has 224 valence electrons. The van der Waals surface area contributed by atoms with E-state index in [9.17, 15) is 14.4 Å². The van der Waals surface area contributed by atoms with Crippen LogP contribution in [0.15, 0.2) is 30.9 Å². The Hall–Kier alpha value is -3.69. The van der Waals surface area contributed by atoms with Crippen LogP contribution >= 0.6 is 0 Å². The molecule has 1 aromatic carbocycles. The predicted molar refractivity (Wildman–Crippen MR) is 155 cm³/mol. The van der Waals surface area contributed by atoms with Gasteiger partial charge >= 0.3 is 11.9 Å². The molecule has 10 nitrogen and oxygen atoms in total. The fourth-order valence-electron chi connectivity index (χ4n) is 4.98. The van der Waals surface area contributed by atoms with Crippen LogP contribution in [0, 0.1) is 12.8 Å². The number of methoxy groups -OCH3 is 2. The summed E-state index contributed by atoms with van der Waals surface area (Å²) in [6.07, 6.45) is 5.53. The monoisotopic (exact) mass is 569 g/mol. The van der Waals surface area contributed by atoms with Gasteiger partial charge < -0.3 is 23.8 Å². The largest absolute Gasteiger partial charge is 0.497 e. The Balaban J connectivity index is 1.81. The molecular formula is C31H43N3O7. The number of hydrogen-bond acceptors (Lipinski definition) is 9. The van der Waals surface area contributed by atoms with Crippen molar-refractivity contribution in [2.75, 3.05) is 20.8 Å². The van der Waals surface area contributed by atoms with E-state index in [1.54, 1.807) is 40.9 Å². The summed E-state index contributed by atoms with van der Waals surface area (Å²) in [5, 5.41) is 0.